The van der Waals surface area contributed by atoms with Gasteiger partial charge in [-0.3, -0.25) is 13.9 Å². The van der Waals surface area contributed by atoms with E-state index >= 15 is 0 Å². The van der Waals surface area contributed by atoms with Crippen molar-refractivity contribution in [2.75, 3.05) is 17.4 Å². The number of unbranched alkanes of at least 4 members (excludes halogenated alkanes) is 1. The Balaban J connectivity index is 1.82. The number of nitrogens with one attached hydrogen (secondary N) is 1. The molecule has 45 heavy (non-hydrogen) atoms. The van der Waals surface area contributed by atoms with Crippen LogP contribution in [0, 0.1) is 6.92 Å². The number of aryl methyl sites for hydroxylation is 1. The summed E-state index contributed by atoms with van der Waals surface area (Å²) in [4.78, 5) is 29.8. The van der Waals surface area contributed by atoms with Gasteiger partial charge in [0.1, 0.15) is 12.6 Å². The number of nitrogens with zero attached hydrogens (tertiary/aromatic N) is 2. The molecule has 0 spiro atoms. The Kier molecular flexibility index (Phi) is 12.0. The summed E-state index contributed by atoms with van der Waals surface area (Å²) >= 11 is 13.1. The average Bonchev–Trinajstić information content (AvgIpc) is 3.03. The fourth-order valence-electron chi connectivity index (χ4n) is 4.95. The molecule has 2 amide bonds. The largest absolute Gasteiger partial charge is 0.354 e. The van der Waals surface area contributed by atoms with Crippen LogP contribution in [0.4, 0.5) is 5.69 Å². The van der Waals surface area contributed by atoms with Gasteiger partial charge in [-0.2, -0.15) is 0 Å². The second kappa shape index (κ2) is 15.9. The quantitative estimate of drug-likeness (QED) is 0.146. The maximum atomic E-state index is 14.5. The number of carbonyl (C=O) groups is 2. The van der Waals surface area contributed by atoms with Crippen LogP contribution in [0.1, 0.15) is 36.5 Å². The Bertz CT molecular complexity index is 1680. The molecular formula is C35H37Cl2N3O4S. The number of hydrogen-bond donors (Lipinski definition) is 1. The molecule has 4 aromatic carbocycles. The fraction of sp³-hybridized carbons (Fsp3) is 0.257. The van der Waals surface area contributed by atoms with Gasteiger partial charge in [0.05, 0.1) is 10.6 Å². The number of benzene rings is 4. The number of hydrogen-bond acceptors (Lipinski definition) is 4. The first kappa shape index (κ1) is 34.0. The molecule has 1 N–H and O–H groups in total. The summed E-state index contributed by atoms with van der Waals surface area (Å²) in [5.74, 6) is -0.935. The molecule has 236 valence electrons. The zero-order valence-corrected chi connectivity index (χ0v) is 27.7. The molecule has 1 atom stereocenters. The van der Waals surface area contributed by atoms with Crippen LogP contribution in [0.2, 0.25) is 10.0 Å². The number of anilines is 1. The van der Waals surface area contributed by atoms with Crippen molar-refractivity contribution < 1.29 is 18.0 Å². The van der Waals surface area contributed by atoms with Crippen molar-refractivity contribution in [1.29, 1.82) is 0 Å². The Hall–Kier alpha value is -3.85. The van der Waals surface area contributed by atoms with E-state index in [1.54, 1.807) is 54.6 Å². The first-order valence-electron chi connectivity index (χ1n) is 14.8. The van der Waals surface area contributed by atoms with Crippen LogP contribution < -0.4 is 9.62 Å². The van der Waals surface area contributed by atoms with Gasteiger partial charge in [-0.05, 0) is 60.9 Å². The molecule has 4 rings (SSSR count). The third kappa shape index (κ3) is 8.87. The van der Waals surface area contributed by atoms with Gasteiger partial charge >= 0.3 is 0 Å². The SMILES string of the molecule is CCCCNC(=O)[C@H](Cc1ccccc1)N(Cc1c(Cl)cccc1Cl)C(=O)CN(c1cccc(C)c1)S(=O)(=O)c1ccccc1. The predicted molar refractivity (Wildman–Crippen MR) is 181 cm³/mol. The van der Waals surface area contributed by atoms with Crippen LogP contribution >= 0.6 is 23.2 Å². The minimum atomic E-state index is -4.18. The zero-order chi connectivity index (χ0) is 32.4. The van der Waals surface area contributed by atoms with E-state index in [1.807, 2.05) is 50.2 Å². The molecule has 0 unspecified atom stereocenters. The van der Waals surface area contributed by atoms with E-state index in [1.165, 1.54) is 17.0 Å². The second-order valence-electron chi connectivity index (χ2n) is 10.7. The summed E-state index contributed by atoms with van der Waals surface area (Å²) < 4.78 is 29.2. The van der Waals surface area contributed by atoms with Crippen LogP contribution in [-0.4, -0.2) is 44.3 Å². The lowest BCUT2D eigenvalue weighted by Gasteiger charge is -2.34. The molecule has 0 aromatic heterocycles. The minimum absolute atomic E-state index is 0.0400. The van der Waals surface area contributed by atoms with Gasteiger partial charge in [0.15, 0.2) is 0 Å². The standard InChI is InChI=1S/C35H37Cl2N3O4S/c1-3-4-21-38-35(42)33(23-27-14-7-5-8-15-27)39(24-30-31(36)19-12-20-32(30)37)34(41)25-40(28-16-11-13-26(2)22-28)45(43,44)29-17-9-6-10-18-29/h5-20,22,33H,3-4,21,23-25H2,1-2H3,(H,38,42)/t33-/m0/s1. The zero-order valence-electron chi connectivity index (χ0n) is 25.3. The maximum Gasteiger partial charge on any atom is 0.264 e. The number of rotatable bonds is 14. The molecule has 0 saturated carbocycles. The summed E-state index contributed by atoms with van der Waals surface area (Å²) in [6.07, 6.45) is 1.84. The Labute approximate surface area is 275 Å². The molecule has 0 fully saturated rings. The Morgan fingerprint density at radius 1 is 0.844 bits per heavy atom. The number of halogens is 2. The lowest BCUT2D eigenvalue weighted by atomic mass is 10.0. The van der Waals surface area contributed by atoms with Gasteiger partial charge in [0, 0.05) is 35.1 Å². The molecule has 10 heteroatoms. The second-order valence-corrected chi connectivity index (χ2v) is 13.4. The van der Waals surface area contributed by atoms with Gasteiger partial charge in [-0.25, -0.2) is 8.42 Å². The molecule has 0 aliphatic carbocycles. The smallest absolute Gasteiger partial charge is 0.264 e. The van der Waals surface area contributed by atoms with Crippen molar-refractivity contribution in [3.63, 3.8) is 0 Å². The highest BCUT2D eigenvalue weighted by atomic mass is 35.5. The summed E-state index contributed by atoms with van der Waals surface area (Å²) in [6, 6.07) is 28.3. The van der Waals surface area contributed by atoms with Crippen LogP contribution in [0.15, 0.2) is 108 Å². The molecule has 0 aliphatic heterocycles. The Morgan fingerprint density at radius 2 is 1.47 bits per heavy atom. The summed E-state index contributed by atoms with van der Waals surface area (Å²) in [7, 11) is -4.18. The first-order valence-corrected chi connectivity index (χ1v) is 17.0. The topological polar surface area (TPSA) is 86.8 Å². The third-order valence-corrected chi connectivity index (χ3v) is 9.89. The third-order valence-electron chi connectivity index (χ3n) is 7.39. The highest BCUT2D eigenvalue weighted by molar-refractivity contribution is 7.92. The molecule has 0 saturated heterocycles. The maximum absolute atomic E-state index is 14.5. The van der Waals surface area contributed by atoms with Crippen molar-refractivity contribution in [3.8, 4) is 0 Å². The van der Waals surface area contributed by atoms with E-state index in [-0.39, 0.29) is 23.8 Å². The Morgan fingerprint density at radius 3 is 2.09 bits per heavy atom. The van der Waals surface area contributed by atoms with Crippen molar-refractivity contribution in [1.82, 2.24) is 10.2 Å². The lowest BCUT2D eigenvalue weighted by molar-refractivity contribution is -0.140. The van der Waals surface area contributed by atoms with Gasteiger partial charge in [-0.15, -0.1) is 0 Å². The van der Waals surface area contributed by atoms with E-state index < -0.39 is 28.5 Å². The average molecular weight is 667 g/mol. The van der Waals surface area contributed by atoms with E-state index in [0.29, 0.717) is 27.8 Å². The molecule has 0 aliphatic rings. The first-order chi connectivity index (χ1) is 21.6. The lowest BCUT2D eigenvalue weighted by Crippen LogP contribution is -2.53. The number of amides is 2. The highest BCUT2D eigenvalue weighted by Gasteiger charge is 2.35. The summed E-state index contributed by atoms with van der Waals surface area (Å²) in [5.41, 5.74) is 2.45. The van der Waals surface area contributed by atoms with Gasteiger partial charge in [-0.1, -0.05) is 103 Å². The fourth-order valence-corrected chi connectivity index (χ4v) is 6.89. The number of sulfonamides is 1. The molecule has 0 heterocycles. The molecular weight excluding hydrogens is 629 g/mol. The van der Waals surface area contributed by atoms with Crippen molar-refractivity contribution in [2.24, 2.45) is 0 Å². The van der Waals surface area contributed by atoms with Crippen LogP contribution in [0.25, 0.3) is 0 Å². The molecule has 7 nitrogen and oxygen atoms in total. The minimum Gasteiger partial charge on any atom is -0.354 e. The van der Waals surface area contributed by atoms with Crippen LogP contribution in [0.5, 0.6) is 0 Å². The van der Waals surface area contributed by atoms with Crippen molar-refractivity contribution in [3.05, 3.63) is 130 Å². The van der Waals surface area contributed by atoms with Gasteiger partial charge in [0.25, 0.3) is 10.0 Å². The van der Waals surface area contributed by atoms with E-state index in [2.05, 4.69) is 5.32 Å². The number of carbonyl (C=O) groups excluding carboxylic acids is 2. The van der Waals surface area contributed by atoms with Gasteiger partial charge < -0.3 is 10.2 Å². The monoisotopic (exact) mass is 665 g/mol. The van der Waals surface area contributed by atoms with Gasteiger partial charge in [0.2, 0.25) is 11.8 Å². The molecule has 0 bridgehead atoms. The van der Waals surface area contributed by atoms with Crippen LogP contribution in [-0.2, 0) is 32.6 Å². The summed E-state index contributed by atoms with van der Waals surface area (Å²) in [5, 5.41) is 3.63. The highest BCUT2D eigenvalue weighted by Crippen LogP contribution is 2.29. The predicted octanol–water partition coefficient (Wildman–Crippen LogP) is 7.05. The van der Waals surface area contributed by atoms with E-state index in [4.69, 9.17) is 23.2 Å². The molecule has 0 radical (unpaired) electrons. The van der Waals surface area contributed by atoms with E-state index in [0.717, 1.165) is 28.3 Å². The van der Waals surface area contributed by atoms with Crippen molar-refractivity contribution >= 4 is 50.7 Å². The normalized spacial score (nSPS) is 11.9. The van der Waals surface area contributed by atoms with Crippen LogP contribution in [0.3, 0.4) is 0 Å². The van der Waals surface area contributed by atoms with Crippen molar-refractivity contribution in [2.45, 2.75) is 50.6 Å². The van der Waals surface area contributed by atoms with E-state index in [9.17, 15) is 18.0 Å². The summed E-state index contributed by atoms with van der Waals surface area (Å²) in [6.45, 7) is 3.64. The molecule has 4 aromatic rings.